The van der Waals surface area contributed by atoms with Gasteiger partial charge >= 0.3 is 0 Å². The topological polar surface area (TPSA) is 57.2 Å². The first-order valence-corrected chi connectivity index (χ1v) is 11.0. The second-order valence-electron chi connectivity index (χ2n) is 7.83. The maximum atomic E-state index is 10.7. The number of rotatable bonds is 11. The van der Waals surface area contributed by atoms with Crippen molar-refractivity contribution in [2.45, 2.75) is 63.8 Å². The average Bonchev–Trinajstić information content (AvgIpc) is 3.07. The van der Waals surface area contributed by atoms with Crippen molar-refractivity contribution in [2.75, 3.05) is 13.7 Å². The van der Waals surface area contributed by atoms with E-state index in [2.05, 4.69) is 31.2 Å². The van der Waals surface area contributed by atoms with Gasteiger partial charge in [0.1, 0.15) is 11.9 Å². The van der Waals surface area contributed by atoms with Gasteiger partial charge in [0.2, 0.25) is 0 Å². The molecule has 5 nitrogen and oxygen atoms in total. The number of hydrogen-bond acceptors (Lipinski definition) is 5. The van der Waals surface area contributed by atoms with E-state index in [0.29, 0.717) is 19.6 Å². The summed E-state index contributed by atoms with van der Waals surface area (Å²) in [5, 5.41) is 10.7. The molecule has 1 N–H and O–H groups in total. The molecule has 168 valence electrons. The van der Waals surface area contributed by atoms with Crippen molar-refractivity contribution >= 4 is 0 Å². The summed E-state index contributed by atoms with van der Waals surface area (Å²) in [6, 6.07) is 17.9. The smallest absolute Gasteiger partial charge is 0.118 e. The van der Waals surface area contributed by atoms with Crippen LogP contribution in [0.15, 0.2) is 66.7 Å². The zero-order chi connectivity index (χ0) is 21.9. The summed E-state index contributed by atoms with van der Waals surface area (Å²) in [6.45, 7) is 3.32. The van der Waals surface area contributed by atoms with Crippen molar-refractivity contribution < 1.29 is 24.1 Å². The lowest BCUT2D eigenvalue weighted by Crippen LogP contribution is -2.39. The first kappa shape index (κ1) is 23.5. The molecule has 2 aromatic carbocycles. The fourth-order valence-corrected chi connectivity index (χ4v) is 3.68. The van der Waals surface area contributed by atoms with Crippen LogP contribution in [0.3, 0.4) is 0 Å². The van der Waals surface area contributed by atoms with Gasteiger partial charge in [-0.25, -0.2) is 0 Å². The highest BCUT2D eigenvalue weighted by atomic mass is 16.6. The van der Waals surface area contributed by atoms with Crippen LogP contribution in [0.2, 0.25) is 0 Å². The molecule has 0 aliphatic carbocycles. The Morgan fingerprint density at radius 2 is 1.61 bits per heavy atom. The van der Waals surface area contributed by atoms with Crippen LogP contribution in [-0.4, -0.2) is 43.2 Å². The second-order valence-corrected chi connectivity index (χ2v) is 7.83. The highest BCUT2D eigenvalue weighted by Gasteiger charge is 2.29. The van der Waals surface area contributed by atoms with Gasteiger partial charge in [-0.2, -0.15) is 0 Å². The Balaban J connectivity index is 1.48. The molecule has 31 heavy (non-hydrogen) atoms. The summed E-state index contributed by atoms with van der Waals surface area (Å²) < 4.78 is 23.4. The molecule has 0 saturated heterocycles. The molecule has 1 heterocycles. The maximum absolute atomic E-state index is 10.7. The summed E-state index contributed by atoms with van der Waals surface area (Å²) in [5.41, 5.74) is 2.18. The van der Waals surface area contributed by atoms with Crippen molar-refractivity contribution in [1.29, 1.82) is 0 Å². The minimum absolute atomic E-state index is 0.0297. The quantitative estimate of drug-likeness (QED) is 0.529. The molecule has 0 radical (unpaired) electrons. The molecule has 0 unspecified atom stereocenters. The van der Waals surface area contributed by atoms with Gasteiger partial charge in [-0.1, -0.05) is 61.5 Å². The lowest BCUT2D eigenvalue weighted by atomic mass is 10.1. The van der Waals surface area contributed by atoms with Crippen molar-refractivity contribution in [2.24, 2.45) is 0 Å². The fraction of sp³-hybridized carbons (Fsp3) is 0.462. The van der Waals surface area contributed by atoms with Gasteiger partial charge in [0, 0.05) is 0 Å². The van der Waals surface area contributed by atoms with Gasteiger partial charge < -0.3 is 24.1 Å². The first-order chi connectivity index (χ1) is 15.2. The molecule has 0 bridgehead atoms. The van der Waals surface area contributed by atoms with E-state index in [1.165, 1.54) is 0 Å². The Morgan fingerprint density at radius 3 is 2.29 bits per heavy atom. The van der Waals surface area contributed by atoms with Crippen LogP contribution in [-0.2, 0) is 27.4 Å². The number of methoxy groups -OCH3 is 1. The lowest BCUT2D eigenvalue weighted by molar-refractivity contribution is -0.142. The Bertz CT molecular complexity index is 774. The van der Waals surface area contributed by atoms with Crippen LogP contribution in [0.5, 0.6) is 5.75 Å². The molecular weight excluding hydrogens is 392 g/mol. The van der Waals surface area contributed by atoms with E-state index in [-0.39, 0.29) is 24.9 Å². The summed E-state index contributed by atoms with van der Waals surface area (Å²) >= 11 is 0. The highest BCUT2D eigenvalue weighted by molar-refractivity contribution is 5.26. The van der Waals surface area contributed by atoms with E-state index >= 15 is 0 Å². The third-order valence-corrected chi connectivity index (χ3v) is 5.52. The molecule has 0 fully saturated rings. The van der Waals surface area contributed by atoms with Gasteiger partial charge in [0.05, 0.1) is 45.2 Å². The number of aliphatic hydroxyl groups is 1. The van der Waals surface area contributed by atoms with Crippen LogP contribution in [0.4, 0.5) is 0 Å². The maximum Gasteiger partial charge on any atom is 0.118 e. The zero-order valence-electron chi connectivity index (χ0n) is 18.5. The van der Waals surface area contributed by atoms with E-state index in [1.54, 1.807) is 7.11 Å². The summed E-state index contributed by atoms with van der Waals surface area (Å²) in [4.78, 5) is 0. The predicted octanol–water partition coefficient (Wildman–Crippen LogP) is 4.67. The van der Waals surface area contributed by atoms with Crippen LogP contribution < -0.4 is 4.74 Å². The summed E-state index contributed by atoms with van der Waals surface area (Å²) in [6.07, 6.45) is 5.38. The average molecular weight is 427 g/mol. The molecule has 3 rings (SSSR count). The van der Waals surface area contributed by atoms with E-state index in [4.69, 9.17) is 18.9 Å². The number of ether oxygens (including phenoxy) is 4. The highest BCUT2D eigenvalue weighted by Crippen LogP contribution is 2.23. The zero-order valence-corrected chi connectivity index (χ0v) is 18.5. The minimum atomic E-state index is -0.699. The third-order valence-electron chi connectivity index (χ3n) is 5.52. The van der Waals surface area contributed by atoms with Crippen LogP contribution in [0.25, 0.3) is 0 Å². The second kappa shape index (κ2) is 12.6. The van der Waals surface area contributed by atoms with E-state index < -0.39 is 6.10 Å². The molecule has 0 amide bonds. The molecule has 0 aromatic heterocycles. The molecule has 4 atom stereocenters. The van der Waals surface area contributed by atoms with E-state index in [1.807, 2.05) is 42.5 Å². The molecular formula is C26H34O5. The SMILES string of the molecule is CC[C@H](OCc1ccccc1)[C@H]1CC=CC[C@H]([C@H](O)COCc2ccc(OC)cc2)O1. The normalized spacial score (nSPS) is 20.7. The molecule has 2 aromatic rings. The standard InChI is InChI=1S/C26H34O5/c1-3-24(30-18-20-9-5-4-6-10-20)26-12-8-7-11-25(31-26)23(27)19-29-17-21-13-15-22(28-2)16-14-21/h4-10,13-16,23-27H,3,11-12,17-19H2,1-2H3/t23-,24+,25-,26-/m1/s1. The number of aliphatic hydroxyl groups excluding tert-OH is 1. The lowest BCUT2D eigenvalue weighted by Gasteiger charge is -2.30. The van der Waals surface area contributed by atoms with Crippen molar-refractivity contribution in [3.63, 3.8) is 0 Å². The van der Waals surface area contributed by atoms with Crippen molar-refractivity contribution in [3.8, 4) is 5.75 Å². The monoisotopic (exact) mass is 426 g/mol. The predicted molar refractivity (Wildman–Crippen MR) is 121 cm³/mol. The van der Waals surface area contributed by atoms with Gasteiger partial charge in [0.15, 0.2) is 0 Å². The third kappa shape index (κ3) is 7.47. The van der Waals surface area contributed by atoms with Crippen molar-refractivity contribution in [3.05, 3.63) is 77.9 Å². The van der Waals surface area contributed by atoms with Gasteiger partial charge in [-0.05, 0) is 42.5 Å². The Hall–Kier alpha value is -2.18. The fourth-order valence-electron chi connectivity index (χ4n) is 3.68. The van der Waals surface area contributed by atoms with E-state index in [0.717, 1.165) is 29.7 Å². The molecule has 0 saturated carbocycles. The first-order valence-electron chi connectivity index (χ1n) is 11.0. The van der Waals surface area contributed by atoms with Crippen molar-refractivity contribution in [1.82, 2.24) is 0 Å². The summed E-state index contributed by atoms with van der Waals surface area (Å²) in [7, 11) is 1.64. The van der Waals surface area contributed by atoms with Gasteiger partial charge in [-0.3, -0.25) is 0 Å². The van der Waals surface area contributed by atoms with Gasteiger partial charge in [-0.15, -0.1) is 0 Å². The molecule has 1 aliphatic rings. The van der Waals surface area contributed by atoms with Crippen LogP contribution in [0, 0.1) is 0 Å². The minimum Gasteiger partial charge on any atom is -0.497 e. The molecule has 5 heteroatoms. The Labute approximate surface area is 185 Å². The summed E-state index contributed by atoms with van der Waals surface area (Å²) in [5.74, 6) is 0.813. The van der Waals surface area contributed by atoms with Crippen LogP contribution >= 0.6 is 0 Å². The van der Waals surface area contributed by atoms with Crippen LogP contribution in [0.1, 0.15) is 37.3 Å². The molecule has 0 spiro atoms. The largest absolute Gasteiger partial charge is 0.497 e. The van der Waals surface area contributed by atoms with E-state index in [9.17, 15) is 5.11 Å². The van der Waals surface area contributed by atoms with Gasteiger partial charge in [0.25, 0.3) is 0 Å². The Morgan fingerprint density at radius 1 is 0.935 bits per heavy atom. The number of benzene rings is 2. The Kier molecular flexibility index (Phi) is 9.56. The number of hydrogen-bond donors (Lipinski definition) is 1. The molecule has 1 aliphatic heterocycles.